The highest BCUT2D eigenvalue weighted by Crippen LogP contribution is 2.40. The smallest absolute Gasteiger partial charge is 0.164 e. The van der Waals surface area contributed by atoms with Gasteiger partial charge >= 0.3 is 0 Å². The molecule has 3 aromatic carbocycles. The Morgan fingerprint density at radius 1 is 0.594 bits per heavy atom. The van der Waals surface area contributed by atoms with E-state index in [0.29, 0.717) is 0 Å². The van der Waals surface area contributed by atoms with E-state index in [4.69, 9.17) is 9.47 Å². The van der Waals surface area contributed by atoms with Crippen LogP contribution in [0.2, 0.25) is 0 Å². The molecule has 0 N–H and O–H groups in total. The fourth-order valence-electron chi connectivity index (χ4n) is 4.47. The molecule has 0 fully saturated rings. The normalized spacial score (nSPS) is 11.3. The van der Waals surface area contributed by atoms with Crippen LogP contribution in [0, 0.1) is 0 Å². The Balaban J connectivity index is 1.92. The van der Waals surface area contributed by atoms with Gasteiger partial charge in [-0.15, -0.1) is 0 Å². The summed E-state index contributed by atoms with van der Waals surface area (Å²) in [4.78, 5) is 0. The van der Waals surface area contributed by atoms with Crippen LogP contribution in [0.1, 0.15) is 90.5 Å². The Kier molecular flexibility index (Phi) is 10.2. The van der Waals surface area contributed by atoms with Crippen molar-refractivity contribution >= 4 is 21.5 Å². The van der Waals surface area contributed by atoms with Crippen LogP contribution < -0.4 is 9.47 Å². The molecule has 2 heteroatoms. The van der Waals surface area contributed by atoms with Gasteiger partial charge in [-0.1, -0.05) is 96.4 Å². The number of benzene rings is 3. The van der Waals surface area contributed by atoms with Crippen LogP contribution >= 0.6 is 0 Å². The Labute approximate surface area is 195 Å². The predicted molar refractivity (Wildman–Crippen MR) is 139 cm³/mol. The number of aryl methyl sites for hydroxylation is 1. The van der Waals surface area contributed by atoms with E-state index in [0.717, 1.165) is 50.4 Å². The van der Waals surface area contributed by atoms with Crippen molar-refractivity contribution in [2.45, 2.75) is 91.4 Å². The monoisotopic (exact) mass is 434 g/mol. The molecule has 0 unspecified atom stereocenters. The average Bonchev–Trinajstić information content (AvgIpc) is 2.81. The summed E-state index contributed by atoms with van der Waals surface area (Å²) in [5.74, 6) is 1.92. The fraction of sp³-hybridized carbons (Fsp3) is 0.533. The second kappa shape index (κ2) is 13.4. The van der Waals surface area contributed by atoms with E-state index in [-0.39, 0.29) is 0 Å². The van der Waals surface area contributed by atoms with Crippen molar-refractivity contribution in [2.75, 3.05) is 13.2 Å². The quantitative estimate of drug-likeness (QED) is 0.175. The predicted octanol–water partition coefficient (Wildman–Crippen LogP) is 9.25. The van der Waals surface area contributed by atoms with E-state index in [1.807, 2.05) is 0 Å². The van der Waals surface area contributed by atoms with Crippen molar-refractivity contribution in [3.05, 3.63) is 48.0 Å². The molecule has 3 rings (SSSR count). The summed E-state index contributed by atoms with van der Waals surface area (Å²) in [6, 6.07) is 15.5. The van der Waals surface area contributed by atoms with E-state index in [1.54, 1.807) is 0 Å². The third-order valence-electron chi connectivity index (χ3n) is 6.28. The molecule has 0 heterocycles. The number of unbranched alkanes of at least 4 members (excludes halogenated alkanes) is 7. The van der Waals surface area contributed by atoms with Gasteiger partial charge in [0.15, 0.2) is 11.5 Å². The van der Waals surface area contributed by atoms with Crippen molar-refractivity contribution in [2.24, 2.45) is 0 Å². The molecule has 0 aromatic heterocycles. The minimum atomic E-state index is 0.764. The molecule has 0 amide bonds. The third-order valence-corrected chi connectivity index (χ3v) is 6.28. The summed E-state index contributed by atoms with van der Waals surface area (Å²) in [6.07, 6.45) is 13.2. The van der Waals surface area contributed by atoms with Gasteiger partial charge in [-0.25, -0.2) is 0 Å². The zero-order chi connectivity index (χ0) is 22.6. The van der Waals surface area contributed by atoms with Crippen molar-refractivity contribution in [3.63, 3.8) is 0 Å². The SMILES string of the molecule is CCCCCCCOc1cc2cc3ccccc3cc2c(CCC)c1OCCCCCC. The summed E-state index contributed by atoms with van der Waals surface area (Å²) in [5.41, 5.74) is 1.31. The van der Waals surface area contributed by atoms with Crippen LogP contribution in [0.15, 0.2) is 42.5 Å². The van der Waals surface area contributed by atoms with Crippen LogP contribution in [-0.4, -0.2) is 13.2 Å². The molecule has 0 bridgehead atoms. The van der Waals surface area contributed by atoms with Crippen LogP contribution in [0.4, 0.5) is 0 Å². The standard InChI is InChI=1S/C30H42O2/c1-4-7-9-11-15-19-31-29-23-26-21-24-17-12-13-18-25(24)22-28(26)27(16-6-3)30(29)32-20-14-10-8-5-2/h12-13,17-18,21-23H,4-11,14-16,19-20H2,1-3H3. The van der Waals surface area contributed by atoms with Gasteiger partial charge in [0, 0.05) is 5.56 Å². The second-order valence-electron chi connectivity index (χ2n) is 9.02. The molecular weight excluding hydrogens is 392 g/mol. The molecule has 174 valence electrons. The first kappa shape index (κ1) is 24.4. The lowest BCUT2D eigenvalue weighted by atomic mass is 9.96. The molecular formula is C30H42O2. The molecule has 0 saturated heterocycles. The molecule has 0 saturated carbocycles. The first-order valence-corrected chi connectivity index (χ1v) is 13.0. The minimum absolute atomic E-state index is 0.764. The zero-order valence-corrected chi connectivity index (χ0v) is 20.6. The third kappa shape index (κ3) is 6.64. The first-order chi connectivity index (χ1) is 15.8. The Morgan fingerprint density at radius 3 is 1.91 bits per heavy atom. The second-order valence-corrected chi connectivity index (χ2v) is 9.02. The highest BCUT2D eigenvalue weighted by molar-refractivity contribution is 6.01. The lowest BCUT2D eigenvalue weighted by molar-refractivity contribution is 0.257. The van der Waals surface area contributed by atoms with Gasteiger partial charge in [-0.2, -0.15) is 0 Å². The van der Waals surface area contributed by atoms with Crippen LogP contribution in [0.5, 0.6) is 11.5 Å². The van der Waals surface area contributed by atoms with Gasteiger partial charge in [0.1, 0.15) is 0 Å². The molecule has 0 radical (unpaired) electrons. The van der Waals surface area contributed by atoms with Crippen molar-refractivity contribution in [3.8, 4) is 11.5 Å². The zero-order valence-electron chi connectivity index (χ0n) is 20.6. The highest BCUT2D eigenvalue weighted by atomic mass is 16.5. The molecule has 0 aliphatic rings. The van der Waals surface area contributed by atoms with Gasteiger partial charge in [-0.3, -0.25) is 0 Å². The Bertz CT molecular complexity index is 960. The maximum absolute atomic E-state index is 6.46. The molecule has 32 heavy (non-hydrogen) atoms. The molecule has 3 aromatic rings. The first-order valence-electron chi connectivity index (χ1n) is 13.0. The van der Waals surface area contributed by atoms with E-state index in [9.17, 15) is 0 Å². The molecule has 0 spiro atoms. The fourth-order valence-corrected chi connectivity index (χ4v) is 4.47. The van der Waals surface area contributed by atoms with E-state index >= 15 is 0 Å². The number of hydrogen-bond donors (Lipinski definition) is 0. The maximum atomic E-state index is 6.46. The lowest BCUT2D eigenvalue weighted by Gasteiger charge is -2.19. The number of fused-ring (bicyclic) bond motifs is 2. The summed E-state index contributed by atoms with van der Waals surface area (Å²) in [7, 11) is 0. The number of hydrogen-bond acceptors (Lipinski definition) is 2. The molecule has 0 aliphatic heterocycles. The van der Waals surface area contributed by atoms with Crippen molar-refractivity contribution < 1.29 is 9.47 Å². The minimum Gasteiger partial charge on any atom is -0.490 e. The maximum Gasteiger partial charge on any atom is 0.164 e. The van der Waals surface area contributed by atoms with Gasteiger partial charge in [0.2, 0.25) is 0 Å². The van der Waals surface area contributed by atoms with E-state index < -0.39 is 0 Å². The molecule has 0 aliphatic carbocycles. The summed E-state index contributed by atoms with van der Waals surface area (Å²) < 4.78 is 12.8. The number of rotatable bonds is 15. The van der Waals surface area contributed by atoms with Crippen LogP contribution in [0.3, 0.4) is 0 Å². The summed E-state index contributed by atoms with van der Waals surface area (Å²) in [5, 5.41) is 5.13. The van der Waals surface area contributed by atoms with Gasteiger partial charge in [-0.05, 0) is 59.0 Å². The molecule has 0 atom stereocenters. The molecule has 2 nitrogen and oxygen atoms in total. The summed E-state index contributed by atoms with van der Waals surface area (Å²) >= 11 is 0. The average molecular weight is 435 g/mol. The van der Waals surface area contributed by atoms with Gasteiger partial charge in [0.25, 0.3) is 0 Å². The topological polar surface area (TPSA) is 18.5 Å². The highest BCUT2D eigenvalue weighted by Gasteiger charge is 2.17. The van der Waals surface area contributed by atoms with Gasteiger partial charge in [0.05, 0.1) is 13.2 Å². The van der Waals surface area contributed by atoms with Crippen LogP contribution in [-0.2, 0) is 6.42 Å². The summed E-state index contributed by atoms with van der Waals surface area (Å²) in [6.45, 7) is 8.29. The van der Waals surface area contributed by atoms with E-state index in [1.165, 1.54) is 72.1 Å². The largest absolute Gasteiger partial charge is 0.490 e. The number of ether oxygens (including phenoxy) is 2. The van der Waals surface area contributed by atoms with Crippen molar-refractivity contribution in [1.82, 2.24) is 0 Å². The van der Waals surface area contributed by atoms with Gasteiger partial charge < -0.3 is 9.47 Å². The Morgan fingerprint density at radius 2 is 1.22 bits per heavy atom. The van der Waals surface area contributed by atoms with E-state index in [2.05, 4.69) is 63.2 Å². The lowest BCUT2D eigenvalue weighted by Crippen LogP contribution is -2.06. The Hall–Kier alpha value is -2.22. The van der Waals surface area contributed by atoms with Crippen molar-refractivity contribution in [1.29, 1.82) is 0 Å². The van der Waals surface area contributed by atoms with Crippen LogP contribution in [0.25, 0.3) is 21.5 Å².